The van der Waals surface area contributed by atoms with Crippen LogP contribution < -0.4 is 5.32 Å². The van der Waals surface area contributed by atoms with Crippen molar-refractivity contribution in [1.82, 2.24) is 20.2 Å². The number of rotatable bonds is 14. The van der Waals surface area contributed by atoms with Crippen molar-refractivity contribution in [2.75, 3.05) is 7.05 Å². The Hall–Kier alpha value is -2.86. The monoisotopic (exact) mass is 564 g/mol. The van der Waals surface area contributed by atoms with Gasteiger partial charge in [-0.3, -0.25) is 19.2 Å². The number of hydrogen-bond donors (Lipinski definition) is 2. The zero-order chi connectivity index (χ0) is 28.0. The van der Waals surface area contributed by atoms with E-state index < -0.39 is 35.9 Å². The summed E-state index contributed by atoms with van der Waals surface area (Å²) >= 11 is 2.66. The number of aromatic nitrogens is 2. The fraction of sp³-hybridized carbons (Fsp3) is 0.615. The van der Waals surface area contributed by atoms with Gasteiger partial charge < -0.3 is 20.1 Å². The molecule has 2 amide bonds. The lowest BCUT2D eigenvalue weighted by Crippen LogP contribution is -2.42. The van der Waals surface area contributed by atoms with Crippen LogP contribution >= 0.6 is 22.7 Å². The second-order valence-electron chi connectivity index (χ2n) is 10.2. The van der Waals surface area contributed by atoms with Crippen LogP contribution in [0.4, 0.5) is 0 Å². The van der Waals surface area contributed by atoms with Gasteiger partial charge in [-0.1, -0.05) is 20.8 Å². The van der Waals surface area contributed by atoms with Crippen molar-refractivity contribution in [3.8, 4) is 0 Å². The molecule has 38 heavy (non-hydrogen) atoms. The van der Waals surface area contributed by atoms with Crippen molar-refractivity contribution in [1.29, 1.82) is 0 Å². The highest BCUT2D eigenvalue weighted by Crippen LogP contribution is 2.35. The van der Waals surface area contributed by atoms with Gasteiger partial charge in [0.2, 0.25) is 5.91 Å². The second kappa shape index (κ2) is 13.3. The van der Waals surface area contributed by atoms with Gasteiger partial charge in [-0.2, -0.15) is 0 Å². The molecular formula is C26H36N4O6S2. The van der Waals surface area contributed by atoms with E-state index in [1.165, 1.54) is 29.6 Å². The molecule has 12 heteroatoms. The summed E-state index contributed by atoms with van der Waals surface area (Å²) < 4.78 is 5.61. The van der Waals surface area contributed by atoms with Crippen LogP contribution in [0, 0.1) is 17.8 Å². The molecule has 0 radical (unpaired) electrons. The molecule has 1 unspecified atom stereocenters. The number of nitrogens with one attached hydrogen (secondary N) is 1. The Morgan fingerprint density at radius 2 is 1.89 bits per heavy atom. The summed E-state index contributed by atoms with van der Waals surface area (Å²) in [6.07, 6.45) is 3.78. The highest BCUT2D eigenvalue weighted by molar-refractivity contribution is 7.10. The highest BCUT2D eigenvalue weighted by atomic mass is 32.1. The normalized spacial score (nSPS) is 16.4. The average Bonchev–Trinajstić information content (AvgIpc) is 3.34. The number of ether oxygens (including phenoxy) is 1. The number of carbonyl (C=O) groups is 4. The van der Waals surface area contributed by atoms with E-state index in [9.17, 15) is 24.3 Å². The maximum Gasteiger partial charge on any atom is 0.306 e. The van der Waals surface area contributed by atoms with Crippen molar-refractivity contribution in [2.45, 2.75) is 78.0 Å². The zero-order valence-electron chi connectivity index (χ0n) is 22.4. The first-order valence-electron chi connectivity index (χ1n) is 12.8. The van der Waals surface area contributed by atoms with Crippen LogP contribution in [0.5, 0.6) is 0 Å². The molecule has 10 nitrogen and oxygen atoms in total. The lowest BCUT2D eigenvalue weighted by Gasteiger charge is -2.33. The summed E-state index contributed by atoms with van der Waals surface area (Å²) in [5.41, 5.74) is 0.165. The predicted octanol–water partition coefficient (Wildman–Crippen LogP) is 3.94. The molecule has 4 atom stereocenters. The van der Waals surface area contributed by atoms with Crippen LogP contribution in [0.3, 0.4) is 0 Å². The van der Waals surface area contributed by atoms with Gasteiger partial charge in [-0.05, 0) is 25.2 Å². The van der Waals surface area contributed by atoms with Gasteiger partial charge in [-0.25, -0.2) is 9.97 Å². The Balaban J connectivity index is 1.75. The van der Waals surface area contributed by atoms with Gasteiger partial charge in [0.05, 0.1) is 10.9 Å². The average molecular weight is 565 g/mol. The van der Waals surface area contributed by atoms with Gasteiger partial charge in [0.25, 0.3) is 5.91 Å². The first-order chi connectivity index (χ1) is 18.0. The van der Waals surface area contributed by atoms with Gasteiger partial charge in [0.15, 0.2) is 6.10 Å². The third-order valence-corrected chi connectivity index (χ3v) is 8.37. The number of esters is 1. The van der Waals surface area contributed by atoms with Crippen molar-refractivity contribution >= 4 is 46.4 Å². The molecule has 1 aliphatic carbocycles. The summed E-state index contributed by atoms with van der Waals surface area (Å²) in [6, 6.07) is -0.615. The lowest BCUT2D eigenvalue weighted by atomic mass is 9.96. The third-order valence-electron chi connectivity index (χ3n) is 6.63. The minimum Gasteiger partial charge on any atom is -0.481 e. The van der Waals surface area contributed by atoms with E-state index in [0.717, 1.165) is 17.8 Å². The van der Waals surface area contributed by atoms with Crippen molar-refractivity contribution in [3.63, 3.8) is 0 Å². The molecule has 2 heterocycles. The molecule has 0 spiro atoms. The third kappa shape index (κ3) is 8.32. The molecule has 3 rings (SSSR count). The summed E-state index contributed by atoms with van der Waals surface area (Å²) in [5, 5.41) is 17.0. The first kappa shape index (κ1) is 29.7. The number of carboxylic acid groups (broad SMARTS) is 1. The maximum absolute atomic E-state index is 13.1. The summed E-state index contributed by atoms with van der Waals surface area (Å²) in [4.78, 5) is 59.7. The summed E-state index contributed by atoms with van der Waals surface area (Å²) in [5.74, 6) is -2.20. The number of carbonyl (C=O) groups excluding carboxylic acids is 3. The summed E-state index contributed by atoms with van der Waals surface area (Å²) in [6.45, 7) is 6.97. The number of aliphatic carboxylic acids is 1. The Bertz CT molecular complexity index is 1110. The largest absolute Gasteiger partial charge is 0.481 e. The van der Waals surface area contributed by atoms with Gasteiger partial charge in [0, 0.05) is 61.8 Å². The van der Waals surface area contributed by atoms with Crippen LogP contribution in [-0.4, -0.2) is 62.9 Å². The molecule has 0 aromatic carbocycles. The van der Waals surface area contributed by atoms with E-state index in [0.29, 0.717) is 17.8 Å². The molecule has 208 valence electrons. The molecule has 2 aromatic rings. The maximum atomic E-state index is 13.1. The molecule has 1 saturated carbocycles. The van der Waals surface area contributed by atoms with Crippen LogP contribution in [0.2, 0.25) is 0 Å². The predicted molar refractivity (Wildman–Crippen MR) is 144 cm³/mol. The number of thiazole rings is 2. The molecule has 0 aliphatic heterocycles. The molecule has 1 aliphatic rings. The molecule has 0 bridgehead atoms. The van der Waals surface area contributed by atoms with E-state index in [1.54, 1.807) is 30.4 Å². The minimum absolute atomic E-state index is 0.0738. The lowest BCUT2D eigenvalue weighted by molar-refractivity contribution is -0.148. The Kier molecular flexibility index (Phi) is 10.4. The Morgan fingerprint density at radius 3 is 2.45 bits per heavy atom. The molecule has 0 saturated heterocycles. The number of amides is 2. The van der Waals surface area contributed by atoms with Crippen LogP contribution in [0.25, 0.3) is 0 Å². The van der Waals surface area contributed by atoms with Crippen molar-refractivity contribution in [2.24, 2.45) is 17.8 Å². The Morgan fingerprint density at radius 1 is 1.18 bits per heavy atom. The second-order valence-corrected chi connectivity index (χ2v) is 12.1. The van der Waals surface area contributed by atoms with E-state index in [4.69, 9.17) is 4.74 Å². The quantitative estimate of drug-likeness (QED) is 0.329. The SMILES string of the molecule is CC(=O)O[C@H](CC(C(C)C)N(C)C(=O)C1CC1)c1nc(C(=O)N[C@@H](Cc2nccs2)C[C@H](C)C(=O)O)cs1. The highest BCUT2D eigenvalue weighted by Gasteiger charge is 2.37. The van der Waals surface area contributed by atoms with E-state index in [2.05, 4.69) is 15.3 Å². The van der Waals surface area contributed by atoms with Crippen molar-refractivity contribution in [3.05, 3.63) is 32.7 Å². The Labute approximate surface area is 230 Å². The molecule has 2 aromatic heterocycles. The molecule has 2 N–H and O–H groups in total. The van der Waals surface area contributed by atoms with E-state index >= 15 is 0 Å². The standard InChI is InChI=1S/C26H36N4O6S2/c1-14(2)20(30(5)25(33)17-6-7-17)12-21(36-16(4)31)24-29-19(13-38-24)23(32)28-18(10-15(3)26(34)35)11-22-27-8-9-37-22/h8-9,13-15,17-18,20-21H,6-7,10-12H2,1-5H3,(H,28,32)(H,34,35)/t15-,18+,20?,21+/m0/s1. The first-order valence-corrected chi connectivity index (χ1v) is 14.5. The van der Waals surface area contributed by atoms with E-state index in [1.807, 2.05) is 19.2 Å². The smallest absolute Gasteiger partial charge is 0.306 e. The van der Waals surface area contributed by atoms with Crippen LogP contribution in [0.1, 0.15) is 80.0 Å². The van der Waals surface area contributed by atoms with Gasteiger partial charge in [-0.15, -0.1) is 22.7 Å². The van der Waals surface area contributed by atoms with Crippen LogP contribution in [0.15, 0.2) is 17.0 Å². The van der Waals surface area contributed by atoms with Crippen molar-refractivity contribution < 1.29 is 29.0 Å². The molecular weight excluding hydrogens is 528 g/mol. The number of nitrogens with zero attached hydrogens (tertiary/aromatic N) is 3. The minimum atomic E-state index is -0.937. The fourth-order valence-electron chi connectivity index (χ4n) is 4.36. The van der Waals surface area contributed by atoms with Gasteiger partial charge in [0.1, 0.15) is 10.7 Å². The van der Waals surface area contributed by atoms with Gasteiger partial charge >= 0.3 is 11.9 Å². The topological polar surface area (TPSA) is 139 Å². The fourth-order valence-corrected chi connectivity index (χ4v) is 5.90. The van der Waals surface area contributed by atoms with E-state index in [-0.39, 0.29) is 35.9 Å². The summed E-state index contributed by atoms with van der Waals surface area (Å²) in [7, 11) is 1.79. The number of hydrogen-bond acceptors (Lipinski definition) is 9. The molecule has 1 fully saturated rings. The van der Waals surface area contributed by atoms with Crippen LogP contribution in [-0.2, 0) is 25.5 Å². The number of carboxylic acids is 1. The zero-order valence-corrected chi connectivity index (χ0v) is 24.0.